The van der Waals surface area contributed by atoms with E-state index >= 15 is 0 Å². The van der Waals surface area contributed by atoms with E-state index in [2.05, 4.69) is 10.6 Å². The van der Waals surface area contributed by atoms with Gasteiger partial charge in [0.2, 0.25) is 5.95 Å². The Morgan fingerprint density at radius 2 is 1.97 bits per heavy atom. The largest absolute Gasteiger partial charge is 0.497 e. The van der Waals surface area contributed by atoms with Crippen molar-refractivity contribution < 1.29 is 18.9 Å². The van der Waals surface area contributed by atoms with Gasteiger partial charge >= 0.3 is 0 Å². The highest BCUT2D eigenvalue weighted by Gasteiger charge is 2.23. The van der Waals surface area contributed by atoms with Crippen LogP contribution in [0.4, 0.5) is 5.95 Å². The van der Waals surface area contributed by atoms with Crippen LogP contribution in [0.2, 0.25) is 0 Å². The van der Waals surface area contributed by atoms with Gasteiger partial charge < -0.3 is 29.6 Å². The molecule has 0 amide bonds. The van der Waals surface area contributed by atoms with Crippen molar-refractivity contribution in [3.05, 3.63) is 47.8 Å². The smallest absolute Gasteiger partial charge is 0.226 e. The normalized spacial score (nSPS) is 16.2. The summed E-state index contributed by atoms with van der Waals surface area (Å²) >= 11 is 0. The molecule has 0 bridgehead atoms. The number of nitrogens with zero attached hydrogens (tertiary/aromatic N) is 4. The van der Waals surface area contributed by atoms with Crippen LogP contribution >= 0.6 is 0 Å². The molecule has 1 fully saturated rings. The van der Waals surface area contributed by atoms with Crippen LogP contribution in [0.5, 0.6) is 17.2 Å². The number of ether oxygens (including phenoxy) is 4. The highest BCUT2D eigenvalue weighted by molar-refractivity contribution is 5.96. The van der Waals surface area contributed by atoms with Gasteiger partial charge in [-0.05, 0) is 24.3 Å². The van der Waals surface area contributed by atoms with Gasteiger partial charge in [0.25, 0.3) is 0 Å². The fourth-order valence-corrected chi connectivity index (χ4v) is 3.94. The minimum absolute atomic E-state index is 0.214. The van der Waals surface area contributed by atoms with Gasteiger partial charge in [-0.2, -0.15) is 4.52 Å². The van der Waals surface area contributed by atoms with Crippen molar-refractivity contribution in [2.24, 2.45) is 0 Å². The van der Waals surface area contributed by atoms with Crippen LogP contribution in [-0.4, -0.2) is 60.6 Å². The Bertz CT molecular complexity index is 1290. The standard InChI is InChI=1S/C23H26N6O4/c1-30-15-8-7-14(18(11-15)32-3)12-25-23-26-20-16(5-4-6-17(20)31-2)22-27-21(28-29(22)23)19-13-24-9-10-33-19/h4-8,11,19,24H,9-10,12-13H2,1-3H3,(H,25,26). The van der Waals surface area contributed by atoms with Crippen LogP contribution in [0.25, 0.3) is 16.6 Å². The van der Waals surface area contributed by atoms with E-state index in [0.717, 1.165) is 29.0 Å². The molecule has 0 saturated carbocycles. The quantitative estimate of drug-likeness (QED) is 0.440. The summed E-state index contributed by atoms with van der Waals surface area (Å²) in [5, 5.41) is 12.3. The predicted octanol–water partition coefficient (Wildman–Crippen LogP) is 2.58. The molecule has 1 aliphatic heterocycles. The van der Waals surface area contributed by atoms with Gasteiger partial charge in [0.15, 0.2) is 11.5 Å². The molecule has 4 aromatic rings. The third kappa shape index (κ3) is 3.98. The Balaban J connectivity index is 1.58. The molecule has 1 atom stereocenters. The summed E-state index contributed by atoms with van der Waals surface area (Å²) in [6.45, 7) is 2.57. The Morgan fingerprint density at radius 3 is 2.73 bits per heavy atom. The van der Waals surface area contributed by atoms with Crippen LogP contribution < -0.4 is 24.8 Å². The summed E-state index contributed by atoms with van der Waals surface area (Å²) < 4.78 is 24.0. The summed E-state index contributed by atoms with van der Waals surface area (Å²) in [6, 6.07) is 11.5. The fourth-order valence-electron chi connectivity index (χ4n) is 3.94. The predicted molar refractivity (Wildman–Crippen MR) is 123 cm³/mol. The molecule has 2 N–H and O–H groups in total. The maximum atomic E-state index is 5.88. The van der Waals surface area contributed by atoms with Gasteiger partial charge in [-0.3, -0.25) is 0 Å². The number of rotatable bonds is 7. The van der Waals surface area contributed by atoms with Gasteiger partial charge in [-0.1, -0.05) is 6.07 Å². The van der Waals surface area contributed by atoms with E-state index in [9.17, 15) is 0 Å². The first kappa shape index (κ1) is 21.2. The van der Waals surface area contributed by atoms with Crippen molar-refractivity contribution in [3.63, 3.8) is 0 Å². The molecule has 1 aliphatic rings. The Morgan fingerprint density at radius 1 is 1.09 bits per heavy atom. The second-order valence-electron chi connectivity index (χ2n) is 7.59. The molecule has 10 heteroatoms. The van der Waals surface area contributed by atoms with E-state index in [1.54, 1.807) is 25.8 Å². The van der Waals surface area contributed by atoms with Crippen molar-refractivity contribution in [1.82, 2.24) is 24.9 Å². The molecular weight excluding hydrogens is 424 g/mol. The van der Waals surface area contributed by atoms with Crippen LogP contribution in [-0.2, 0) is 11.3 Å². The lowest BCUT2D eigenvalue weighted by molar-refractivity contribution is 0.0223. The summed E-state index contributed by atoms with van der Waals surface area (Å²) in [7, 11) is 4.90. The first-order valence-corrected chi connectivity index (χ1v) is 10.7. The van der Waals surface area contributed by atoms with Crippen LogP contribution in [0.3, 0.4) is 0 Å². The number of benzene rings is 2. The van der Waals surface area contributed by atoms with Crippen molar-refractivity contribution in [1.29, 1.82) is 0 Å². The molecule has 0 spiro atoms. The van der Waals surface area contributed by atoms with Crippen molar-refractivity contribution >= 4 is 22.5 Å². The number of nitrogens with one attached hydrogen (secondary N) is 2. The van der Waals surface area contributed by atoms with E-state index in [1.807, 2.05) is 36.4 Å². The number of aromatic nitrogens is 4. The number of fused-ring (bicyclic) bond motifs is 3. The lowest BCUT2D eigenvalue weighted by Gasteiger charge is -2.20. The van der Waals surface area contributed by atoms with E-state index < -0.39 is 0 Å². The van der Waals surface area contributed by atoms with Gasteiger partial charge in [0.1, 0.15) is 28.9 Å². The zero-order valence-corrected chi connectivity index (χ0v) is 18.8. The topological polar surface area (TPSA) is 104 Å². The van der Waals surface area contributed by atoms with E-state index in [-0.39, 0.29) is 6.10 Å². The summed E-state index contributed by atoms with van der Waals surface area (Å²) in [5.74, 6) is 3.28. The molecule has 0 radical (unpaired) electrons. The molecule has 33 heavy (non-hydrogen) atoms. The van der Waals surface area contributed by atoms with Crippen molar-refractivity contribution in [3.8, 4) is 17.2 Å². The first-order chi connectivity index (χ1) is 16.2. The summed E-state index contributed by atoms with van der Waals surface area (Å²) in [4.78, 5) is 9.66. The van der Waals surface area contributed by atoms with Gasteiger partial charge in [-0.25, -0.2) is 9.97 Å². The van der Waals surface area contributed by atoms with E-state index in [1.165, 1.54) is 0 Å². The lowest BCUT2D eigenvalue weighted by Crippen LogP contribution is -2.33. The highest BCUT2D eigenvalue weighted by Crippen LogP contribution is 2.30. The minimum atomic E-state index is -0.214. The monoisotopic (exact) mass is 450 g/mol. The summed E-state index contributed by atoms with van der Waals surface area (Å²) in [5.41, 5.74) is 2.35. The van der Waals surface area contributed by atoms with Crippen LogP contribution in [0.1, 0.15) is 17.5 Å². The minimum Gasteiger partial charge on any atom is -0.497 e. The highest BCUT2D eigenvalue weighted by atomic mass is 16.5. The average molecular weight is 450 g/mol. The zero-order chi connectivity index (χ0) is 22.8. The number of anilines is 1. The van der Waals surface area contributed by atoms with Crippen molar-refractivity contribution in [2.45, 2.75) is 12.6 Å². The molecule has 1 saturated heterocycles. The average Bonchev–Trinajstić information content (AvgIpc) is 3.33. The number of hydrogen-bond acceptors (Lipinski definition) is 9. The molecule has 3 heterocycles. The molecule has 0 aliphatic carbocycles. The van der Waals surface area contributed by atoms with Crippen LogP contribution in [0, 0.1) is 0 Å². The molecule has 1 unspecified atom stereocenters. The fraction of sp³-hybridized carbons (Fsp3) is 0.348. The van der Waals surface area contributed by atoms with Gasteiger partial charge in [0, 0.05) is 36.7 Å². The molecule has 2 aromatic heterocycles. The molecular formula is C23H26N6O4. The lowest BCUT2D eigenvalue weighted by atomic mass is 10.2. The first-order valence-electron chi connectivity index (χ1n) is 10.7. The molecule has 172 valence electrons. The molecule has 2 aromatic carbocycles. The van der Waals surface area contributed by atoms with Crippen LogP contribution in [0.15, 0.2) is 36.4 Å². The third-order valence-electron chi connectivity index (χ3n) is 5.65. The maximum absolute atomic E-state index is 5.88. The van der Waals surface area contributed by atoms with Gasteiger partial charge in [-0.15, -0.1) is 5.10 Å². The van der Waals surface area contributed by atoms with E-state index in [4.69, 9.17) is 34.0 Å². The molecule has 10 nitrogen and oxygen atoms in total. The maximum Gasteiger partial charge on any atom is 0.226 e. The molecule has 5 rings (SSSR count). The summed E-state index contributed by atoms with van der Waals surface area (Å²) in [6.07, 6.45) is -0.214. The third-order valence-corrected chi connectivity index (χ3v) is 5.65. The zero-order valence-electron chi connectivity index (χ0n) is 18.8. The Kier molecular flexibility index (Phi) is 5.84. The Labute approximate surface area is 190 Å². The second-order valence-corrected chi connectivity index (χ2v) is 7.59. The van der Waals surface area contributed by atoms with Gasteiger partial charge in [0.05, 0.1) is 27.9 Å². The number of para-hydroxylation sites is 1. The number of morpholine rings is 1. The number of methoxy groups -OCH3 is 3. The SMILES string of the molecule is COc1ccc(CNc2nc3c(OC)cccc3c3nc(C4CNCCO4)nn23)c(OC)c1. The second kappa shape index (κ2) is 9.08. The number of hydrogen-bond donors (Lipinski definition) is 2. The Hall–Kier alpha value is -3.63. The van der Waals surface area contributed by atoms with E-state index in [0.29, 0.717) is 48.4 Å². The van der Waals surface area contributed by atoms with Crippen molar-refractivity contribution in [2.75, 3.05) is 46.3 Å².